The van der Waals surface area contributed by atoms with E-state index in [0.717, 1.165) is 44.2 Å². The molecule has 1 atom stereocenters. The fraction of sp³-hybridized carbons (Fsp3) is 0.636. The molecule has 0 spiro atoms. The van der Waals surface area contributed by atoms with Crippen molar-refractivity contribution in [2.75, 3.05) is 77.9 Å². The normalized spacial score (nSPS) is 18.7. The van der Waals surface area contributed by atoms with Gasteiger partial charge in [-0.15, -0.1) is 24.0 Å². The quantitative estimate of drug-likeness (QED) is 0.282. The number of piperazine rings is 1. The van der Waals surface area contributed by atoms with Crippen molar-refractivity contribution in [1.82, 2.24) is 20.0 Å². The van der Waals surface area contributed by atoms with E-state index < -0.39 is 10.8 Å². The van der Waals surface area contributed by atoms with Crippen LogP contribution in [0.15, 0.2) is 35.3 Å². The average molecular weight is 578 g/mol. The van der Waals surface area contributed by atoms with Crippen molar-refractivity contribution in [3.8, 4) is 0 Å². The van der Waals surface area contributed by atoms with Gasteiger partial charge in [0.2, 0.25) is 5.91 Å². The number of nitrogens with one attached hydrogen (secondary N) is 1. The zero-order valence-corrected chi connectivity index (χ0v) is 22.1. The predicted octanol–water partition coefficient (Wildman–Crippen LogP) is 0.995. The van der Waals surface area contributed by atoms with Crippen LogP contribution in [-0.2, 0) is 26.1 Å². The Morgan fingerprint density at radius 1 is 1.06 bits per heavy atom. The third kappa shape index (κ3) is 8.95. The Bertz CT molecular complexity index is 738. The van der Waals surface area contributed by atoms with Crippen LogP contribution in [0.25, 0.3) is 0 Å². The highest BCUT2D eigenvalue weighted by molar-refractivity contribution is 14.0. The Labute approximate surface area is 211 Å². The van der Waals surface area contributed by atoms with E-state index in [-0.39, 0.29) is 29.9 Å². The molecule has 8 nitrogen and oxygen atoms in total. The molecule has 32 heavy (non-hydrogen) atoms. The van der Waals surface area contributed by atoms with Gasteiger partial charge in [-0.05, 0) is 12.5 Å². The summed E-state index contributed by atoms with van der Waals surface area (Å²) in [6, 6.07) is 9.94. The lowest BCUT2D eigenvalue weighted by Gasteiger charge is -2.37. The molecule has 2 saturated heterocycles. The van der Waals surface area contributed by atoms with Gasteiger partial charge >= 0.3 is 0 Å². The summed E-state index contributed by atoms with van der Waals surface area (Å²) in [4.78, 5) is 23.5. The average Bonchev–Trinajstić information content (AvgIpc) is 2.80. The first-order valence-corrected chi connectivity index (χ1v) is 12.6. The topological polar surface area (TPSA) is 77.5 Å². The Morgan fingerprint density at radius 3 is 2.41 bits per heavy atom. The van der Waals surface area contributed by atoms with Gasteiger partial charge in [-0.25, -0.2) is 0 Å². The summed E-state index contributed by atoms with van der Waals surface area (Å²) in [7, 11) is -0.924. The third-order valence-electron chi connectivity index (χ3n) is 5.48. The monoisotopic (exact) mass is 577 g/mol. The zero-order chi connectivity index (χ0) is 21.9. The van der Waals surface area contributed by atoms with Crippen LogP contribution in [-0.4, -0.2) is 109 Å². The molecule has 1 amide bonds. The maximum absolute atomic E-state index is 12.5. The molecule has 2 aliphatic rings. The number of guanidine groups is 1. The van der Waals surface area contributed by atoms with Crippen LogP contribution in [0.3, 0.4) is 0 Å². The van der Waals surface area contributed by atoms with Crippen molar-refractivity contribution in [3.63, 3.8) is 0 Å². The van der Waals surface area contributed by atoms with Crippen molar-refractivity contribution in [2.45, 2.75) is 12.7 Å². The van der Waals surface area contributed by atoms with Gasteiger partial charge in [-0.3, -0.25) is 18.9 Å². The van der Waals surface area contributed by atoms with Crippen LogP contribution in [0.1, 0.15) is 12.5 Å². The lowest BCUT2D eigenvalue weighted by atomic mass is 10.2. The molecule has 0 aromatic heterocycles. The molecule has 10 heteroatoms. The zero-order valence-electron chi connectivity index (χ0n) is 18.9. The lowest BCUT2D eigenvalue weighted by molar-refractivity contribution is -0.136. The Hall–Kier alpha value is -1.24. The van der Waals surface area contributed by atoms with Crippen molar-refractivity contribution in [3.05, 3.63) is 35.9 Å². The van der Waals surface area contributed by atoms with Gasteiger partial charge in [0.05, 0.1) is 26.3 Å². The predicted molar refractivity (Wildman–Crippen MR) is 140 cm³/mol. The number of benzene rings is 1. The standard InChI is InChI=1S/C22H35N5O3S.HI/c1-2-23-22(24-8-17-31(29)19-20-6-4-3-5-7-20)27-11-9-25(10-12-27)18-21(28)26-13-15-30-16-14-26;/h3-7H,2,8-19H2,1H3,(H,23,24);1H. The molecule has 2 fully saturated rings. The highest BCUT2D eigenvalue weighted by Crippen LogP contribution is 2.06. The van der Waals surface area contributed by atoms with E-state index in [2.05, 4.69) is 22.0 Å². The van der Waals surface area contributed by atoms with Crippen molar-refractivity contribution < 1.29 is 13.7 Å². The minimum absolute atomic E-state index is 0. The molecule has 0 aliphatic carbocycles. The van der Waals surface area contributed by atoms with Gasteiger partial charge in [-0.2, -0.15) is 0 Å². The number of amides is 1. The molecule has 1 unspecified atom stereocenters. The first-order valence-electron chi connectivity index (χ1n) is 11.2. The van der Waals surface area contributed by atoms with Gasteiger partial charge in [0.1, 0.15) is 0 Å². The maximum atomic E-state index is 12.5. The lowest BCUT2D eigenvalue weighted by Crippen LogP contribution is -2.55. The number of ether oxygens (including phenoxy) is 1. The van der Waals surface area contributed by atoms with Crippen LogP contribution in [0.4, 0.5) is 0 Å². The summed E-state index contributed by atoms with van der Waals surface area (Å²) in [6.45, 7) is 9.85. The SMILES string of the molecule is CCNC(=NCCS(=O)Cc1ccccc1)N1CCN(CC(=O)N2CCOCC2)CC1.I. The molecule has 3 rings (SSSR count). The fourth-order valence-corrected chi connectivity index (χ4v) is 4.74. The van der Waals surface area contributed by atoms with E-state index in [1.807, 2.05) is 35.2 Å². The molecular formula is C22H36IN5O3S. The van der Waals surface area contributed by atoms with E-state index in [4.69, 9.17) is 9.73 Å². The minimum Gasteiger partial charge on any atom is -0.378 e. The molecule has 180 valence electrons. The number of carbonyl (C=O) groups excluding carboxylic acids is 1. The molecule has 0 bridgehead atoms. The van der Waals surface area contributed by atoms with Crippen molar-refractivity contribution in [2.24, 2.45) is 4.99 Å². The van der Waals surface area contributed by atoms with Crippen LogP contribution in [0.2, 0.25) is 0 Å². The molecular weight excluding hydrogens is 541 g/mol. The largest absolute Gasteiger partial charge is 0.378 e. The number of nitrogens with zero attached hydrogens (tertiary/aromatic N) is 4. The van der Waals surface area contributed by atoms with Crippen LogP contribution < -0.4 is 5.32 Å². The summed E-state index contributed by atoms with van der Waals surface area (Å²) >= 11 is 0. The second-order valence-corrected chi connectivity index (χ2v) is 9.34. The number of morpholine rings is 1. The highest BCUT2D eigenvalue weighted by atomic mass is 127. The second-order valence-electron chi connectivity index (χ2n) is 7.77. The third-order valence-corrected chi connectivity index (χ3v) is 6.77. The van der Waals surface area contributed by atoms with Crippen LogP contribution in [0, 0.1) is 0 Å². The number of rotatable bonds is 8. The second kappa shape index (κ2) is 14.8. The fourth-order valence-electron chi connectivity index (χ4n) is 3.73. The number of carbonyl (C=O) groups is 1. The van der Waals surface area contributed by atoms with Crippen molar-refractivity contribution in [1.29, 1.82) is 0 Å². The van der Waals surface area contributed by atoms with Gasteiger partial charge in [-0.1, -0.05) is 30.3 Å². The van der Waals surface area contributed by atoms with Gasteiger partial charge in [0.25, 0.3) is 0 Å². The van der Waals surface area contributed by atoms with Gasteiger partial charge in [0.15, 0.2) is 5.96 Å². The van der Waals surface area contributed by atoms with Gasteiger partial charge in [0, 0.05) is 68.1 Å². The highest BCUT2D eigenvalue weighted by Gasteiger charge is 2.24. The van der Waals surface area contributed by atoms with Crippen LogP contribution in [0.5, 0.6) is 0 Å². The number of aliphatic imine (C=N–C) groups is 1. The van der Waals surface area contributed by atoms with Crippen molar-refractivity contribution >= 4 is 46.6 Å². The van der Waals surface area contributed by atoms with E-state index in [1.165, 1.54) is 0 Å². The van der Waals surface area contributed by atoms with Crippen LogP contribution >= 0.6 is 24.0 Å². The summed E-state index contributed by atoms with van der Waals surface area (Å²) < 4.78 is 17.7. The molecule has 1 N–H and O–H groups in total. The van der Waals surface area contributed by atoms with Gasteiger partial charge < -0.3 is 19.9 Å². The van der Waals surface area contributed by atoms with E-state index in [1.54, 1.807) is 0 Å². The Kier molecular flexibility index (Phi) is 12.5. The number of halogens is 1. The summed E-state index contributed by atoms with van der Waals surface area (Å²) in [6.07, 6.45) is 0. The molecule has 2 heterocycles. The Morgan fingerprint density at radius 2 is 1.75 bits per heavy atom. The molecule has 0 saturated carbocycles. The minimum atomic E-state index is -0.924. The number of hydrogen-bond donors (Lipinski definition) is 1. The summed E-state index contributed by atoms with van der Waals surface area (Å²) in [5, 5.41) is 3.35. The number of hydrogen-bond acceptors (Lipinski definition) is 5. The molecule has 1 aromatic rings. The van der Waals surface area contributed by atoms with E-state index >= 15 is 0 Å². The smallest absolute Gasteiger partial charge is 0.236 e. The van der Waals surface area contributed by atoms with E-state index in [9.17, 15) is 9.00 Å². The summed E-state index contributed by atoms with van der Waals surface area (Å²) in [5.41, 5.74) is 1.10. The Balaban J connectivity index is 0.00000363. The van der Waals surface area contributed by atoms with E-state index in [0.29, 0.717) is 50.9 Å². The maximum Gasteiger partial charge on any atom is 0.236 e. The molecule has 1 aromatic carbocycles. The first-order chi connectivity index (χ1) is 15.2. The molecule has 0 radical (unpaired) electrons. The summed E-state index contributed by atoms with van der Waals surface area (Å²) in [5.74, 6) is 2.19. The first kappa shape index (κ1) is 27.0. The molecule has 2 aliphatic heterocycles.